The SMILES string of the molecule is Cc1nc(CCNC(=O)N(C)CCC(C)O)cs1. The van der Waals surface area contributed by atoms with Gasteiger partial charge in [0.2, 0.25) is 0 Å². The second-order valence-electron chi connectivity index (χ2n) is 4.40. The lowest BCUT2D eigenvalue weighted by atomic mass is 10.3. The maximum Gasteiger partial charge on any atom is 0.317 e. The van der Waals surface area contributed by atoms with Crippen LogP contribution in [0.15, 0.2) is 5.38 Å². The van der Waals surface area contributed by atoms with Crippen LogP contribution in [0.2, 0.25) is 0 Å². The maximum absolute atomic E-state index is 11.7. The van der Waals surface area contributed by atoms with Crippen LogP contribution in [0.1, 0.15) is 24.0 Å². The van der Waals surface area contributed by atoms with Crippen molar-refractivity contribution in [1.82, 2.24) is 15.2 Å². The highest BCUT2D eigenvalue weighted by Crippen LogP contribution is 2.07. The molecule has 0 saturated heterocycles. The second kappa shape index (κ2) is 7.33. The highest BCUT2D eigenvalue weighted by Gasteiger charge is 2.08. The fourth-order valence-corrected chi connectivity index (χ4v) is 2.08. The van der Waals surface area contributed by atoms with Crippen molar-refractivity contribution in [1.29, 1.82) is 0 Å². The zero-order valence-corrected chi connectivity index (χ0v) is 12.0. The van der Waals surface area contributed by atoms with Gasteiger partial charge in [0.05, 0.1) is 16.8 Å². The fraction of sp³-hybridized carbons (Fsp3) is 0.667. The van der Waals surface area contributed by atoms with Gasteiger partial charge in [0.15, 0.2) is 0 Å². The average Bonchev–Trinajstić information content (AvgIpc) is 2.71. The molecule has 0 bridgehead atoms. The van der Waals surface area contributed by atoms with Crippen molar-refractivity contribution in [3.8, 4) is 0 Å². The van der Waals surface area contributed by atoms with E-state index >= 15 is 0 Å². The minimum atomic E-state index is -0.377. The summed E-state index contributed by atoms with van der Waals surface area (Å²) in [4.78, 5) is 17.6. The number of nitrogens with zero attached hydrogens (tertiary/aromatic N) is 2. The lowest BCUT2D eigenvalue weighted by molar-refractivity contribution is 0.163. The van der Waals surface area contributed by atoms with Gasteiger partial charge in [-0.15, -0.1) is 11.3 Å². The van der Waals surface area contributed by atoms with E-state index in [1.165, 1.54) is 0 Å². The number of hydrogen-bond donors (Lipinski definition) is 2. The standard InChI is InChI=1S/C12H21N3O2S/c1-9(16)5-7-15(3)12(17)13-6-4-11-8-18-10(2)14-11/h8-9,16H,4-7H2,1-3H3,(H,13,17). The Kier molecular flexibility index (Phi) is 6.07. The van der Waals surface area contributed by atoms with Crippen LogP contribution in [-0.2, 0) is 6.42 Å². The van der Waals surface area contributed by atoms with E-state index in [0.29, 0.717) is 19.5 Å². The molecule has 0 spiro atoms. The third-order valence-electron chi connectivity index (χ3n) is 2.55. The number of carbonyl (C=O) groups excluding carboxylic acids is 1. The lowest BCUT2D eigenvalue weighted by Crippen LogP contribution is -2.39. The number of urea groups is 1. The summed E-state index contributed by atoms with van der Waals surface area (Å²) in [6, 6.07) is -0.109. The lowest BCUT2D eigenvalue weighted by Gasteiger charge is -2.18. The molecule has 18 heavy (non-hydrogen) atoms. The Hall–Kier alpha value is -1.14. The molecule has 2 N–H and O–H groups in total. The number of rotatable bonds is 6. The molecule has 0 radical (unpaired) electrons. The van der Waals surface area contributed by atoms with Crippen molar-refractivity contribution in [2.75, 3.05) is 20.1 Å². The van der Waals surface area contributed by atoms with E-state index in [0.717, 1.165) is 17.1 Å². The number of carbonyl (C=O) groups is 1. The van der Waals surface area contributed by atoms with Gasteiger partial charge in [-0.05, 0) is 20.3 Å². The van der Waals surface area contributed by atoms with Gasteiger partial charge in [0.1, 0.15) is 0 Å². The van der Waals surface area contributed by atoms with Crippen LogP contribution in [0.4, 0.5) is 4.79 Å². The molecule has 1 rings (SSSR count). The summed E-state index contributed by atoms with van der Waals surface area (Å²) in [5.41, 5.74) is 1.02. The fourth-order valence-electron chi connectivity index (χ4n) is 1.44. The molecule has 1 unspecified atom stereocenters. The predicted octanol–water partition coefficient (Wildman–Crippen LogP) is 1.41. The first kappa shape index (κ1) is 14.9. The number of aliphatic hydroxyl groups excluding tert-OH is 1. The van der Waals surface area contributed by atoms with Crippen LogP contribution in [-0.4, -0.2) is 47.3 Å². The van der Waals surface area contributed by atoms with E-state index in [2.05, 4.69) is 10.3 Å². The van der Waals surface area contributed by atoms with Crippen molar-refractivity contribution < 1.29 is 9.90 Å². The molecule has 0 aliphatic carbocycles. The summed E-state index contributed by atoms with van der Waals surface area (Å²) in [5, 5.41) is 15.0. The number of hydrogen-bond acceptors (Lipinski definition) is 4. The average molecular weight is 271 g/mol. The summed E-state index contributed by atoms with van der Waals surface area (Å²) in [6.07, 6.45) is 0.966. The first-order chi connectivity index (χ1) is 8.49. The van der Waals surface area contributed by atoms with Crippen molar-refractivity contribution in [3.63, 3.8) is 0 Å². The Bertz CT molecular complexity index is 379. The second-order valence-corrected chi connectivity index (χ2v) is 5.46. The van der Waals surface area contributed by atoms with Gasteiger partial charge in [-0.1, -0.05) is 0 Å². The topological polar surface area (TPSA) is 65.5 Å². The molecule has 0 fully saturated rings. The summed E-state index contributed by atoms with van der Waals surface area (Å²) in [5.74, 6) is 0. The molecule has 0 saturated carbocycles. The van der Waals surface area contributed by atoms with E-state index < -0.39 is 0 Å². The molecule has 1 aromatic heterocycles. The van der Waals surface area contributed by atoms with Gasteiger partial charge in [-0.2, -0.15) is 0 Å². The van der Waals surface area contributed by atoms with Gasteiger partial charge in [-0.25, -0.2) is 9.78 Å². The molecule has 5 nitrogen and oxygen atoms in total. The number of aromatic nitrogens is 1. The molecule has 0 aliphatic heterocycles. The van der Waals surface area contributed by atoms with Crippen LogP contribution in [0.5, 0.6) is 0 Å². The zero-order valence-electron chi connectivity index (χ0n) is 11.1. The highest BCUT2D eigenvalue weighted by molar-refractivity contribution is 7.09. The van der Waals surface area contributed by atoms with E-state index in [1.54, 1.807) is 30.2 Å². The predicted molar refractivity (Wildman–Crippen MR) is 72.9 cm³/mol. The zero-order chi connectivity index (χ0) is 13.5. The summed E-state index contributed by atoms with van der Waals surface area (Å²) in [7, 11) is 1.73. The van der Waals surface area contributed by atoms with E-state index in [4.69, 9.17) is 5.11 Å². The van der Waals surface area contributed by atoms with Gasteiger partial charge in [0.25, 0.3) is 0 Å². The summed E-state index contributed by atoms with van der Waals surface area (Å²) >= 11 is 1.62. The van der Waals surface area contributed by atoms with Crippen molar-refractivity contribution in [2.45, 2.75) is 32.8 Å². The molecule has 0 aliphatic rings. The van der Waals surface area contributed by atoms with Crippen LogP contribution < -0.4 is 5.32 Å². The minimum absolute atomic E-state index is 0.109. The Balaban J connectivity index is 2.20. The van der Waals surface area contributed by atoms with Gasteiger partial charge < -0.3 is 15.3 Å². The van der Waals surface area contributed by atoms with E-state index in [1.807, 2.05) is 12.3 Å². The van der Waals surface area contributed by atoms with Gasteiger partial charge in [-0.3, -0.25) is 0 Å². The Morgan fingerprint density at radius 3 is 2.94 bits per heavy atom. The normalized spacial score (nSPS) is 12.2. The molecule has 6 heteroatoms. The molecule has 1 heterocycles. The number of nitrogens with one attached hydrogen (secondary N) is 1. The molecule has 102 valence electrons. The molecule has 1 atom stereocenters. The Morgan fingerprint density at radius 1 is 1.67 bits per heavy atom. The molecular formula is C12H21N3O2S. The first-order valence-corrected chi connectivity index (χ1v) is 6.95. The van der Waals surface area contributed by atoms with Crippen molar-refractivity contribution in [3.05, 3.63) is 16.1 Å². The summed E-state index contributed by atoms with van der Waals surface area (Å²) < 4.78 is 0. The quantitative estimate of drug-likeness (QED) is 0.822. The van der Waals surface area contributed by atoms with Crippen LogP contribution in [0, 0.1) is 6.92 Å². The van der Waals surface area contributed by atoms with Crippen LogP contribution >= 0.6 is 11.3 Å². The Labute approximate surface area is 112 Å². The molecule has 1 aromatic rings. The number of thiazole rings is 1. The number of aliphatic hydroxyl groups is 1. The minimum Gasteiger partial charge on any atom is -0.393 e. The molecule has 0 aromatic carbocycles. The van der Waals surface area contributed by atoms with E-state index in [-0.39, 0.29) is 12.1 Å². The van der Waals surface area contributed by atoms with E-state index in [9.17, 15) is 4.79 Å². The van der Waals surface area contributed by atoms with Crippen molar-refractivity contribution in [2.24, 2.45) is 0 Å². The summed E-state index contributed by atoms with van der Waals surface area (Å²) in [6.45, 7) is 4.83. The Morgan fingerprint density at radius 2 is 2.39 bits per heavy atom. The maximum atomic E-state index is 11.7. The van der Waals surface area contributed by atoms with Gasteiger partial charge >= 0.3 is 6.03 Å². The first-order valence-electron chi connectivity index (χ1n) is 6.07. The third kappa shape index (κ3) is 5.46. The van der Waals surface area contributed by atoms with Gasteiger partial charge in [0, 0.05) is 31.9 Å². The number of aryl methyl sites for hydroxylation is 1. The largest absolute Gasteiger partial charge is 0.393 e. The highest BCUT2D eigenvalue weighted by atomic mass is 32.1. The van der Waals surface area contributed by atoms with Crippen molar-refractivity contribution >= 4 is 17.4 Å². The monoisotopic (exact) mass is 271 g/mol. The van der Waals surface area contributed by atoms with Crippen LogP contribution in [0.25, 0.3) is 0 Å². The molecular weight excluding hydrogens is 250 g/mol. The smallest absolute Gasteiger partial charge is 0.317 e. The molecule has 2 amide bonds. The number of amides is 2. The third-order valence-corrected chi connectivity index (χ3v) is 3.38. The van der Waals surface area contributed by atoms with Crippen LogP contribution in [0.3, 0.4) is 0 Å².